The van der Waals surface area contributed by atoms with Crippen LogP contribution in [-0.4, -0.2) is 40.3 Å². The third-order valence-electron chi connectivity index (χ3n) is 4.72. The third-order valence-corrected chi connectivity index (χ3v) is 4.72. The average Bonchev–Trinajstić information content (AvgIpc) is 3.27. The first kappa shape index (κ1) is 21.2. The highest BCUT2D eigenvalue weighted by Gasteiger charge is 2.13. The van der Waals surface area contributed by atoms with Crippen LogP contribution in [0.2, 0.25) is 0 Å². The van der Waals surface area contributed by atoms with Gasteiger partial charge in [-0.25, -0.2) is 4.98 Å². The van der Waals surface area contributed by atoms with Gasteiger partial charge in [-0.1, -0.05) is 6.07 Å². The van der Waals surface area contributed by atoms with Gasteiger partial charge in [0.2, 0.25) is 5.91 Å². The van der Waals surface area contributed by atoms with E-state index in [1.54, 1.807) is 0 Å². The van der Waals surface area contributed by atoms with Crippen molar-refractivity contribution in [2.45, 2.75) is 34.6 Å². The SMILES string of the molecule is CC(=O)Nc1cc(C)cc(C)c1.Cc1cc2[nH]c(N)nc2c(C)c1NN1C=NCC1. The summed E-state index contributed by atoms with van der Waals surface area (Å²) in [5.74, 6) is 0.424. The summed E-state index contributed by atoms with van der Waals surface area (Å²) in [5.41, 5.74) is 17.5. The van der Waals surface area contributed by atoms with Gasteiger partial charge < -0.3 is 16.0 Å². The maximum Gasteiger partial charge on any atom is 0.221 e. The van der Waals surface area contributed by atoms with Crippen LogP contribution in [0.4, 0.5) is 17.3 Å². The lowest BCUT2D eigenvalue weighted by molar-refractivity contribution is -0.114. The summed E-state index contributed by atoms with van der Waals surface area (Å²) >= 11 is 0. The largest absolute Gasteiger partial charge is 0.369 e. The van der Waals surface area contributed by atoms with Crippen molar-refractivity contribution in [3.63, 3.8) is 0 Å². The molecule has 0 aliphatic carbocycles. The Kier molecular flexibility index (Phi) is 6.25. The fraction of sp³-hybridized carbons (Fsp3) is 0.318. The predicted octanol–water partition coefficient (Wildman–Crippen LogP) is 3.69. The summed E-state index contributed by atoms with van der Waals surface area (Å²) in [6.07, 6.45) is 1.82. The van der Waals surface area contributed by atoms with E-state index in [-0.39, 0.29) is 5.91 Å². The van der Waals surface area contributed by atoms with E-state index in [1.165, 1.54) is 18.1 Å². The molecule has 5 N–H and O–H groups in total. The highest BCUT2D eigenvalue weighted by atomic mass is 16.1. The highest BCUT2D eigenvalue weighted by molar-refractivity contribution is 5.89. The number of hydrazine groups is 1. The Morgan fingerprint density at radius 2 is 1.83 bits per heavy atom. The molecule has 0 bridgehead atoms. The molecule has 1 aromatic heterocycles. The van der Waals surface area contributed by atoms with Crippen molar-refractivity contribution >= 4 is 40.6 Å². The molecule has 30 heavy (non-hydrogen) atoms. The average molecular weight is 408 g/mol. The Morgan fingerprint density at radius 3 is 2.43 bits per heavy atom. The van der Waals surface area contributed by atoms with E-state index in [9.17, 15) is 4.79 Å². The predicted molar refractivity (Wildman–Crippen MR) is 124 cm³/mol. The zero-order valence-electron chi connectivity index (χ0n) is 18.1. The van der Waals surface area contributed by atoms with Crippen LogP contribution in [0.15, 0.2) is 29.3 Å². The van der Waals surface area contributed by atoms with Gasteiger partial charge in [0.25, 0.3) is 0 Å². The van der Waals surface area contributed by atoms with E-state index < -0.39 is 0 Å². The number of rotatable bonds is 3. The summed E-state index contributed by atoms with van der Waals surface area (Å²) in [4.78, 5) is 22.3. The molecule has 1 aliphatic rings. The Bertz CT molecular complexity index is 1080. The number of imidazole rings is 1. The number of hydrogen-bond acceptors (Lipinski definition) is 6. The topological polar surface area (TPSA) is 111 Å². The van der Waals surface area contributed by atoms with E-state index >= 15 is 0 Å². The van der Waals surface area contributed by atoms with Gasteiger partial charge in [-0.05, 0) is 62.6 Å². The third kappa shape index (κ3) is 5.08. The van der Waals surface area contributed by atoms with Crippen molar-refractivity contribution in [1.29, 1.82) is 0 Å². The van der Waals surface area contributed by atoms with Gasteiger partial charge in [0.05, 0.1) is 29.8 Å². The number of aromatic amines is 1. The van der Waals surface area contributed by atoms with Crippen molar-refractivity contribution in [2.75, 3.05) is 29.6 Å². The number of benzene rings is 2. The molecule has 0 saturated heterocycles. The molecule has 1 aliphatic heterocycles. The fourth-order valence-corrected chi connectivity index (χ4v) is 3.53. The van der Waals surface area contributed by atoms with Gasteiger partial charge in [0.1, 0.15) is 6.34 Å². The molecular weight excluding hydrogens is 378 g/mol. The summed E-state index contributed by atoms with van der Waals surface area (Å²) in [6, 6.07) is 8.04. The van der Waals surface area contributed by atoms with Crippen LogP contribution in [-0.2, 0) is 4.79 Å². The lowest BCUT2D eigenvalue weighted by Gasteiger charge is -2.20. The first-order valence-corrected chi connectivity index (χ1v) is 9.87. The lowest BCUT2D eigenvalue weighted by Crippen LogP contribution is -2.27. The number of amides is 1. The van der Waals surface area contributed by atoms with E-state index in [2.05, 4.69) is 44.8 Å². The smallest absolute Gasteiger partial charge is 0.221 e. The van der Waals surface area contributed by atoms with Crippen molar-refractivity contribution in [3.05, 3.63) is 46.5 Å². The van der Waals surface area contributed by atoms with E-state index in [0.717, 1.165) is 46.6 Å². The lowest BCUT2D eigenvalue weighted by atomic mass is 10.1. The number of nitrogens with zero attached hydrogens (tertiary/aromatic N) is 3. The van der Waals surface area contributed by atoms with Crippen molar-refractivity contribution in [2.24, 2.45) is 4.99 Å². The van der Waals surface area contributed by atoms with E-state index in [1.807, 2.05) is 44.3 Å². The number of aryl methyl sites for hydroxylation is 4. The highest BCUT2D eigenvalue weighted by Crippen LogP contribution is 2.28. The Morgan fingerprint density at radius 1 is 1.13 bits per heavy atom. The Balaban J connectivity index is 0.000000187. The standard InChI is InChI=1S/C12H16N6.C10H13NO/c1-7-5-9-11(16-12(13)15-9)8(2)10(7)17-18-4-3-14-6-18;1-7-4-8(2)6-10(5-7)11-9(3)12/h5-6,17H,3-4H2,1-2H3,(H3,13,15,16);4-6H,1-3H3,(H,11,12). The van der Waals surface area contributed by atoms with Crippen LogP contribution in [0.5, 0.6) is 0 Å². The molecular formula is C22H29N7O. The zero-order valence-corrected chi connectivity index (χ0v) is 18.1. The number of nitrogens with two attached hydrogens (primary N) is 1. The van der Waals surface area contributed by atoms with Crippen molar-refractivity contribution in [1.82, 2.24) is 15.0 Å². The molecule has 8 heteroatoms. The Labute approximate surface area is 176 Å². The Hall–Kier alpha value is -3.55. The number of carbonyl (C=O) groups excluding carboxylic acids is 1. The molecule has 2 aromatic carbocycles. The van der Waals surface area contributed by atoms with E-state index in [0.29, 0.717) is 5.95 Å². The van der Waals surface area contributed by atoms with Gasteiger partial charge in [-0.2, -0.15) is 0 Å². The normalized spacial score (nSPS) is 12.6. The molecule has 0 atom stereocenters. The summed E-state index contributed by atoms with van der Waals surface area (Å²) in [6.45, 7) is 11.4. The monoisotopic (exact) mass is 407 g/mol. The molecule has 0 saturated carbocycles. The molecule has 8 nitrogen and oxygen atoms in total. The number of H-pyrrole nitrogens is 1. The summed E-state index contributed by atoms with van der Waals surface area (Å²) < 4.78 is 0. The molecule has 0 spiro atoms. The number of anilines is 3. The number of fused-ring (bicyclic) bond motifs is 1. The van der Waals surface area contributed by atoms with Crippen LogP contribution in [0.3, 0.4) is 0 Å². The van der Waals surface area contributed by atoms with Crippen LogP contribution in [0, 0.1) is 27.7 Å². The van der Waals surface area contributed by atoms with Gasteiger partial charge in [-0.3, -0.25) is 20.2 Å². The molecule has 3 aromatic rings. The summed E-state index contributed by atoms with van der Waals surface area (Å²) in [5, 5.41) is 4.73. The molecule has 4 rings (SSSR count). The first-order chi connectivity index (χ1) is 14.2. The van der Waals surface area contributed by atoms with Gasteiger partial charge in [0.15, 0.2) is 5.95 Å². The second-order valence-electron chi connectivity index (χ2n) is 7.60. The number of nitrogen functional groups attached to an aromatic ring is 1. The zero-order chi connectivity index (χ0) is 21.8. The van der Waals surface area contributed by atoms with Crippen LogP contribution < -0.4 is 16.5 Å². The second kappa shape index (κ2) is 8.86. The van der Waals surface area contributed by atoms with Crippen molar-refractivity contribution in [3.8, 4) is 0 Å². The quantitative estimate of drug-likeness (QED) is 0.529. The maximum absolute atomic E-state index is 10.7. The number of aliphatic imine (C=N–C) groups is 1. The molecule has 0 unspecified atom stereocenters. The number of hydrogen-bond donors (Lipinski definition) is 4. The van der Waals surface area contributed by atoms with Crippen LogP contribution >= 0.6 is 0 Å². The maximum atomic E-state index is 10.7. The first-order valence-electron chi connectivity index (χ1n) is 9.87. The number of carbonyl (C=O) groups is 1. The number of nitrogens with one attached hydrogen (secondary N) is 3. The van der Waals surface area contributed by atoms with Gasteiger partial charge >= 0.3 is 0 Å². The number of aromatic nitrogens is 2. The van der Waals surface area contributed by atoms with Crippen molar-refractivity contribution < 1.29 is 4.79 Å². The second-order valence-corrected chi connectivity index (χ2v) is 7.60. The van der Waals surface area contributed by atoms with Crippen LogP contribution in [0.1, 0.15) is 29.2 Å². The molecule has 158 valence electrons. The minimum atomic E-state index is -0.0278. The van der Waals surface area contributed by atoms with Gasteiger partial charge in [0, 0.05) is 18.2 Å². The molecule has 0 fully saturated rings. The summed E-state index contributed by atoms with van der Waals surface area (Å²) in [7, 11) is 0. The van der Waals surface area contributed by atoms with Gasteiger partial charge in [-0.15, -0.1) is 0 Å². The molecule has 1 amide bonds. The van der Waals surface area contributed by atoms with Crippen LogP contribution in [0.25, 0.3) is 11.0 Å². The minimum absolute atomic E-state index is 0.0278. The minimum Gasteiger partial charge on any atom is -0.369 e. The molecule has 0 radical (unpaired) electrons. The molecule has 2 heterocycles. The van der Waals surface area contributed by atoms with E-state index in [4.69, 9.17) is 5.73 Å². The fourth-order valence-electron chi connectivity index (χ4n) is 3.53.